The first kappa shape index (κ1) is 25.1. The number of H-pyrrole nitrogens is 1. The summed E-state index contributed by atoms with van der Waals surface area (Å²) < 4.78 is 0. The third-order valence-electron chi connectivity index (χ3n) is 6.17. The van der Waals surface area contributed by atoms with E-state index in [2.05, 4.69) is 24.5 Å². The average Bonchev–Trinajstić information content (AvgIpc) is 3.27. The van der Waals surface area contributed by atoms with E-state index in [4.69, 9.17) is 5.41 Å². The molecule has 0 amide bonds. The summed E-state index contributed by atoms with van der Waals surface area (Å²) in [7, 11) is 0. The Morgan fingerprint density at radius 3 is 1.97 bits per heavy atom. The monoisotopic (exact) mass is 492 g/mol. The van der Waals surface area contributed by atoms with Crippen molar-refractivity contribution in [2.24, 2.45) is 0 Å². The van der Waals surface area contributed by atoms with E-state index in [9.17, 15) is 9.59 Å². The van der Waals surface area contributed by atoms with E-state index in [1.807, 2.05) is 85.8 Å². The fourth-order valence-corrected chi connectivity index (χ4v) is 4.19. The lowest BCUT2D eigenvalue weighted by Crippen LogP contribution is -2.11. The molecule has 4 nitrogen and oxygen atoms in total. The van der Waals surface area contributed by atoms with Crippen molar-refractivity contribution in [2.45, 2.75) is 32.1 Å². The molecule has 5 rings (SSSR count). The molecule has 0 atom stereocenters. The molecule has 0 bridgehead atoms. The molecule has 2 N–H and O–H groups in total. The van der Waals surface area contributed by atoms with E-state index in [1.54, 1.807) is 13.0 Å². The topological polar surface area (TPSA) is 73.8 Å². The number of carbonyl (C=O) groups is 2. The number of benzene rings is 4. The third-order valence-corrected chi connectivity index (χ3v) is 6.47. The largest absolute Gasteiger partial charge is 0.355 e. The van der Waals surface area contributed by atoms with Gasteiger partial charge in [-0.1, -0.05) is 48.9 Å². The molecule has 0 spiro atoms. The molecule has 0 aliphatic rings. The van der Waals surface area contributed by atoms with Crippen molar-refractivity contribution >= 4 is 51.7 Å². The first-order valence-electron chi connectivity index (χ1n) is 11.8. The molecule has 5 aromatic rings. The minimum Gasteiger partial charge on any atom is -0.355 e. The van der Waals surface area contributed by atoms with Gasteiger partial charge in [-0.05, 0) is 74.4 Å². The Hall–Kier alpha value is -3.96. The van der Waals surface area contributed by atoms with E-state index in [1.165, 1.54) is 5.56 Å². The van der Waals surface area contributed by atoms with Crippen LogP contribution in [0.15, 0.2) is 89.8 Å². The van der Waals surface area contributed by atoms with Gasteiger partial charge in [-0.3, -0.25) is 9.59 Å². The van der Waals surface area contributed by atoms with Gasteiger partial charge in [0.1, 0.15) is 0 Å². The molecular formula is C31H28N2O2S. The molecule has 4 aromatic carbocycles. The molecule has 180 valence electrons. The first-order valence-corrected chi connectivity index (χ1v) is 12.3. The lowest BCUT2D eigenvalue weighted by molar-refractivity contribution is 0.103. The van der Waals surface area contributed by atoms with E-state index in [-0.39, 0.29) is 17.3 Å². The summed E-state index contributed by atoms with van der Waals surface area (Å²) in [5, 5.41) is 9.59. The van der Waals surface area contributed by atoms with E-state index >= 15 is 0 Å². The minimum absolute atomic E-state index is 0.0191. The van der Waals surface area contributed by atoms with Crippen LogP contribution in [0.2, 0.25) is 0 Å². The Labute approximate surface area is 216 Å². The van der Waals surface area contributed by atoms with Gasteiger partial charge in [-0.25, -0.2) is 0 Å². The van der Waals surface area contributed by atoms with Gasteiger partial charge in [0.05, 0.1) is 5.71 Å². The summed E-state index contributed by atoms with van der Waals surface area (Å²) in [5.74, 6) is -0.278. The van der Waals surface area contributed by atoms with Crippen LogP contribution in [-0.2, 0) is 0 Å². The number of aryl methyl sites for hydroxylation is 2. The quantitative estimate of drug-likeness (QED) is 0.133. The highest BCUT2D eigenvalue weighted by Gasteiger charge is 2.16. The minimum atomic E-state index is -0.258. The predicted octanol–water partition coefficient (Wildman–Crippen LogP) is 7.76. The maximum atomic E-state index is 13.0. The number of ketones is 2. The van der Waals surface area contributed by atoms with Crippen molar-refractivity contribution in [1.29, 1.82) is 5.41 Å². The molecule has 0 radical (unpaired) electrons. The van der Waals surface area contributed by atoms with Gasteiger partial charge in [-0.2, -0.15) is 0 Å². The van der Waals surface area contributed by atoms with Crippen LogP contribution in [0.25, 0.3) is 21.8 Å². The maximum Gasteiger partial charge on any atom is 0.206 e. The zero-order valence-electron chi connectivity index (χ0n) is 20.6. The number of fused-ring (bicyclic) bond motifs is 3. The number of carbonyl (C=O) groups excluding carboxylic acids is 2. The lowest BCUT2D eigenvalue weighted by atomic mass is 9.97. The first-order chi connectivity index (χ1) is 17.3. The Balaban J connectivity index is 0.000000325. The van der Waals surface area contributed by atoms with Crippen molar-refractivity contribution in [2.75, 3.05) is 0 Å². The zero-order valence-corrected chi connectivity index (χ0v) is 21.4. The van der Waals surface area contributed by atoms with Crippen molar-refractivity contribution < 1.29 is 9.59 Å². The van der Waals surface area contributed by atoms with Gasteiger partial charge in [0, 0.05) is 43.4 Å². The molecule has 0 saturated carbocycles. The van der Waals surface area contributed by atoms with E-state index in [0.29, 0.717) is 23.1 Å². The SMILES string of the molecule is CCC(=N)C(=O)c1ccc2[nH]c3ccc(C(=O)c4ccccc4C)cc3c2c1.Cc1ccc(S)cc1. The van der Waals surface area contributed by atoms with Gasteiger partial charge in [0.15, 0.2) is 5.78 Å². The number of rotatable bonds is 5. The van der Waals surface area contributed by atoms with Crippen LogP contribution in [0.4, 0.5) is 0 Å². The van der Waals surface area contributed by atoms with Crippen LogP contribution in [0, 0.1) is 19.3 Å². The van der Waals surface area contributed by atoms with Crippen LogP contribution in [-0.4, -0.2) is 22.3 Å². The van der Waals surface area contributed by atoms with Crippen LogP contribution in [0.5, 0.6) is 0 Å². The van der Waals surface area contributed by atoms with Crippen molar-refractivity contribution in [3.63, 3.8) is 0 Å². The smallest absolute Gasteiger partial charge is 0.206 e. The molecule has 0 fully saturated rings. The molecular weight excluding hydrogens is 464 g/mol. The zero-order chi connectivity index (χ0) is 25.8. The summed E-state index contributed by atoms with van der Waals surface area (Å²) in [4.78, 5) is 29.7. The molecule has 0 unspecified atom stereocenters. The second-order valence-corrected chi connectivity index (χ2v) is 9.30. The second-order valence-electron chi connectivity index (χ2n) is 8.79. The predicted molar refractivity (Wildman–Crippen MR) is 151 cm³/mol. The summed E-state index contributed by atoms with van der Waals surface area (Å²) in [6, 6.07) is 26.6. The van der Waals surface area contributed by atoms with Crippen molar-refractivity contribution in [3.05, 3.63) is 113 Å². The number of thiol groups is 1. The van der Waals surface area contributed by atoms with E-state index < -0.39 is 0 Å². The maximum absolute atomic E-state index is 13.0. The number of aromatic nitrogens is 1. The molecule has 0 aliphatic carbocycles. The third kappa shape index (κ3) is 5.31. The standard InChI is InChI=1S/C24H20N2O2.C7H8S/c1-3-20(25)24(28)16-9-11-22-19(13-16)18-12-15(8-10-21(18)26-22)23(27)17-7-5-4-6-14(17)2;1-6-2-4-7(8)5-3-6/h4-13,25-26H,3H2,1-2H3;2-5,8H,1H3. The Morgan fingerprint density at radius 1 is 0.806 bits per heavy atom. The number of hydrogen-bond donors (Lipinski definition) is 3. The summed E-state index contributed by atoms with van der Waals surface area (Å²) in [5.41, 5.74) is 5.92. The second kappa shape index (κ2) is 10.8. The molecule has 5 heteroatoms. The Morgan fingerprint density at radius 2 is 1.39 bits per heavy atom. The van der Waals surface area contributed by atoms with Crippen LogP contribution >= 0.6 is 12.6 Å². The number of Topliss-reactive ketones (excluding diaryl/α,β-unsaturated/α-hetero) is 1. The molecule has 1 aromatic heterocycles. The molecule has 36 heavy (non-hydrogen) atoms. The van der Waals surface area contributed by atoms with Crippen LogP contribution in [0.3, 0.4) is 0 Å². The molecule has 1 heterocycles. The fraction of sp³-hybridized carbons (Fsp3) is 0.129. The number of nitrogens with one attached hydrogen (secondary N) is 2. The van der Waals surface area contributed by atoms with Gasteiger partial charge in [0.2, 0.25) is 5.78 Å². The highest BCUT2D eigenvalue weighted by molar-refractivity contribution is 7.80. The van der Waals surface area contributed by atoms with Crippen LogP contribution < -0.4 is 0 Å². The molecule has 0 saturated heterocycles. The lowest BCUT2D eigenvalue weighted by Gasteiger charge is -2.05. The Kier molecular flexibility index (Phi) is 7.51. The summed E-state index contributed by atoms with van der Waals surface area (Å²) in [6.45, 7) is 5.79. The van der Waals surface area contributed by atoms with Crippen LogP contribution in [0.1, 0.15) is 50.8 Å². The van der Waals surface area contributed by atoms with Gasteiger partial charge < -0.3 is 10.4 Å². The fourth-order valence-electron chi connectivity index (χ4n) is 4.04. The number of hydrogen-bond acceptors (Lipinski definition) is 4. The highest BCUT2D eigenvalue weighted by Crippen LogP contribution is 2.28. The summed E-state index contributed by atoms with van der Waals surface area (Å²) >= 11 is 4.13. The van der Waals surface area contributed by atoms with Gasteiger partial charge >= 0.3 is 0 Å². The summed E-state index contributed by atoms with van der Waals surface area (Å²) in [6.07, 6.45) is 0.403. The van der Waals surface area contributed by atoms with Crippen molar-refractivity contribution in [1.82, 2.24) is 4.98 Å². The highest BCUT2D eigenvalue weighted by atomic mass is 32.1. The number of aromatic amines is 1. The average molecular weight is 493 g/mol. The van der Waals surface area contributed by atoms with Gasteiger partial charge in [0.25, 0.3) is 0 Å². The normalized spacial score (nSPS) is 10.7. The van der Waals surface area contributed by atoms with Gasteiger partial charge in [-0.15, -0.1) is 12.6 Å². The van der Waals surface area contributed by atoms with E-state index in [0.717, 1.165) is 32.3 Å². The molecule has 0 aliphatic heterocycles. The van der Waals surface area contributed by atoms with Crippen molar-refractivity contribution in [3.8, 4) is 0 Å². The Bertz CT molecular complexity index is 1580.